The summed E-state index contributed by atoms with van der Waals surface area (Å²) in [4.78, 5) is 37.6. The van der Waals surface area contributed by atoms with Crippen LogP contribution in [0.25, 0.3) is 0 Å². The molecule has 13 heteroatoms. The van der Waals surface area contributed by atoms with Gasteiger partial charge in [-0.2, -0.15) is 8.70 Å². The van der Waals surface area contributed by atoms with Crippen LogP contribution in [0.3, 0.4) is 0 Å². The zero-order valence-electron chi connectivity index (χ0n) is 18.5. The first-order valence-electron chi connectivity index (χ1n) is 10.8. The number of aryl methyl sites for hydroxylation is 1. The summed E-state index contributed by atoms with van der Waals surface area (Å²) in [5.74, 6) is -1.97. The molecule has 184 valence electrons. The molecule has 0 bridgehead atoms. The van der Waals surface area contributed by atoms with Crippen LogP contribution in [0.5, 0.6) is 0 Å². The lowest BCUT2D eigenvalue weighted by molar-refractivity contribution is -0.116. The maximum absolute atomic E-state index is 14.2. The number of aromatic nitrogens is 2. The number of hydrogen-bond donors (Lipinski definition) is 1. The number of ether oxygens (including phenoxy) is 2. The number of nitrogens with one attached hydrogen (secondary N) is 1. The predicted octanol–water partition coefficient (Wildman–Crippen LogP) is 0.426. The van der Waals surface area contributed by atoms with Crippen LogP contribution in [0, 0.1) is 12.7 Å². The Balaban J connectivity index is 1.57. The molecular weight excluding hydrogens is 471 g/mol. The highest BCUT2D eigenvalue weighted by molar-refractivity contribution is 7.89. The van der Waals surface area contributed by atoms with Crippen LogP contribution < -0.4 is 16.6 Å². The highest BCUT2D eigenvalue weighted by Gasteiger charge is 2.28. The van der Waals surface area contributed by atoms with E-state index < -0.39 is 45.8 Å². The fraction of sp³-hybridized carbons (Fsp3) is 0.476. The molecule has 2 aromatic rings. The van der Waals surface area contributed by atoms with Gasteiger partial charge in [-0.1, -0.05) is 6.07 Å². The number of hydrogen-bond acceptors (Lipinski definition) is 7. The Bertz CT molecular complexity index is 1310. The normalized spacial score (nSPS) is 19.3. The zero-order chi connectivity index (χ0) is 24.5. The van der Waals surface area contributed by atoms with Crippen LogP contribution in [0.4, 0.5) is 10.1 Å². The largest absolute Gasteiger partial charge is 0.379 e. The van der Waals surface area contributed by atoms with Crippen molar-refractivity contribution in [3.63, 3.8) is 0 Å². The first kappa shape index (κ1) is 24.3. The first-order valence-corrected chi connectivity index (χ1v) is 12.2. The van der Waals surface area contributed by atoms with E-state index in [4.69, 9.17) is 9.47 Å². The van der Waals surface area contributed by atoms with E-state index in [1.54, 1.807) is 13.0 Å². The molecule has 0 aliphatic carbocycles. The van der Waals surface area contributed by atoms with Gasteiger partial charge in [0.15, 0.2) is 0 Å². The number of morpholine rings is 1. The molecule has 2 fully saturated rings. The molecule has 2 aliphatic heterocycles. The Morgan fingerprint density at radius 2 is 1.94 bits per heavy atom. The number of carbonyl (C=O) groups excluding carboxylic acids is 1. The monoisotopic (exact) mass is 496 g/mol. The van der Waals surface area contributed by atoms with E-state index in [1.807, 2.05) is 0 Å². The Hall–Kier alpha value is -2.87. The van der Waals surface area contributed by atoms with E-state index in [1.165, 1.54) is 16.4 Å². The molecule has 1 atom stereocenters. The van der Waals surface area contributed by atoms with Crippen LogP contribution in [0.1, 0.15) is 24.6 Å². The summed E-state index contributed by atoms with van der Waals surface area (Å²) in [7, 11) is -3.81. The molecule has 11 nitrogen and oxygen atoms in total. The van der Waals surface area contributed by atoms with Crippen LogP contribution >= 0.6 is 0 Å². The Kier molecular flexibility index (Phi) is 6.98. The molecule has 34 heavy (non-hydrogen) atoms. The van der Waals surface area contributed by atoms with Crippen LogP contribution in [0.15, 0.2) is 38.9 Å². The molecule has 0 spiro atoms. The van der Waals surface area contributed by atoms with Crippen molar-refractivity contribution in [1.29, 1.82) is 0 Å². The quantitative estimate of drug-likeness (QED) is 0.614. The van der Waals surface area contributed by atoms with Gasteiger partial charge in [0.25, 0.3) is 5.56 Å². The lowest BCUT2D eigenvalue weighted by Crippen LogP contribution is -2.44. The topological polar surface area (TPSA) is 129 Å². The molecule has 1 amide bonds. The number of nitrogens with zero attached hydrogens (tertiary/aromatic N) is 3. The smallest absolute Gasteiger partial charge is 0.333 e. The van der Waals surface area contributed by atoms with E-state index in [9.17, 15) is 27.2 Å². The highest BCUT2D eigenvalue weighted by atomic mass is 32.2. The van der Waals surface area contributed by atoms with Gasteiger partial charge in [-0.3, -0.25) is 14.2 Å². The predicted molar refractivity (Wildman–Crippen MR) is 119 cm³/mol. The molecule has 1 N–H and O–H groups in total. The summed E-state index contributed by atoms with van der Waals surface area (Å²) in [6.07, 6.45) is 1.24. The number of rotatable bonds is 6. The Morgan fingerprint density at radius 3 is 2.62 bits per heavy atom. The maximum atomic E-state index is 14.2. The fourth-order valence-electron chi connectivity index (χ4n) is 3.94. The minimum Gasteiger partial charge on any atom is -0.379 e. The van der Waals surface area contributed by atoms with Gasteiger partial charge in [-0.25, -0.2) is 17.8 Å². The van der Waals surface area contributed by atoms with Crippen molar-refractivity contribution in [3.8, 4) is 0 Å². The van der Waals surface area contributed by atoms with Gasteiger partial charge in [-0.05, 0) is 37.5 Å². The third-order valence-electron chi connectivity index (χ3n) is 5.73. The van der Waals surface area contributed by atoms with E-state index >= 15 is 0 Å². The summed E-state index contributed by atoms with van der Waals surface area (Å²) in [5, 5.41) is 2.49. The molecule has 1 aromatic heterocycles. The molecular formula is C21H25FN4O7S. The van der Waals surface area contributed by atoms with Crippen molar-refractivity contribution in [2.24, 2.45) is 0 Å². The van der Waals surface area contributed by atoms with Gasteiger partial charge in [0.05, 0.1) is 24.3 Å². The van der Waals surface area contributed by atoms with Crippen molar-refractivity contribution >= 4 is 21.6 Å². The minimum atomic E-state index is -3.81. The summed E-state index contributed by atoms with van der Waals surface area (Å²) < 4.78 is 53.6. The lowest BCUT2D eigenvalue weighted by Gasteiger charge is -2.26. The van der Waals surface area contributed by atoms with E-state index in [-0.39, 0.29) is 23.7 Å². The number of sulfonamides is 1. The van der Waals surface area contributed by atoms with Crippen molar-refractivity contribution in [1.82, 2.24) is 13.4 Å². The number of benzene rings is 1. The first-order chi connectivity index (χ1) is 16.2. The van der Waals surface area contributed by atoms with Crippen molar-refractivity contribution in [2.45, 2.75) is 37.4 Å². The standard InChI is InChI=1S/C21H25FN4O7S/c1-14-4-5-15(11-17(14)34(30,31)24-6-9-32-10-7-24)23-18(27)13-26-20(28)16(22)12-25(21(26)29)19-3-2-8-33-19/h4-5,11-12,19H,2-3,6-10,13H2,1H3,(H,23,27). The third kappa shape index (κ3) is 4.82. The average Bonchev–Trinajstić information content (AvgIpc) is 3.35. The van der Waals surface area contributed by atoms with Crippen LogP contribution in [-0.2, 0) is 30.8 Å². The van der Waals surface area contributed by atoms with E-state index in [0.717, 1.165) is 10.8 Å². The maximum Gasteiger partial charge on any atom is 0.333 e. The highest BCUT2D eigenvalue weighted by Crippen LogP contribution is 2.24. The van der Waals surface area contributed by atoms with Crippen molar-refractivity contribution < 1.29 is 27.1 Å². The van der Waals surface area contributed by atoms with Gasteiger partial charge in [0.1, 0.15) is 12.8 Å². The van der Waals surface area contributed by atoms with Gasteiger partial charge in [0, 0.05) is 25.4 Å². The molecule has 4 rings (SSSR count). The number of amides is 1. The molecule has 2 saturated heterocycles. The second-order valence-corrected chi connectivity index (χ2v) is 9.98. The third-order valence-corrected chi connectivity index (χ3v) is 7.77. The van der Waals surface area contributed by atoms with E-state index in [2.05, 4.69) is 5.32 Å². The Morgan fingerprint density at radius 1 is 1.21 bits per heavy atom. The van der Waals surface area contributed by atoms with Crippen LogP contribution in [-0.4, -0.2) is 60.7 Å². The zero-order valence-corrected chi connectivity index (χ0v) is 19.3. The molecule has 1 aromatic carbocycles. The summed E-state index contributed by atoms with van der Waals surface area (Å²) in [6, 6.07) is 4.36. The minimum absolute atomic E-state index is 0.0239. The van der Waals surface area contributed by atoms with Gasteiger partial charge >= 0.3 is 5.69 Å². The molecule has 0 radical (unpaired) electrons. The number of carbonyl (C=O) groups is 1. The molecule has 2 aliphatic rings. The number of anilines is 1. The van der Waals surface area contributed by atoms with E-state index in [0.29, 0.717) is 42.8 Å². The van der Waals surface area contributed by atoms with Crippen molar-refractivity contribution in [3.05, 3.63) is 56.6 Å². The summed E-state index contributed by atoms with van der Waals surface area (Å²) >= 11 is 0. The SMILES string of the molecule is Cc1ccc(NC(=O)Cn2c(=O)c(F)cn(C3CCCO3)c2=O)cc1S(=O)(=O)N1CCOCC1. The molecule has 1 unspecified atom stereocenters. The van der Waals surface area contributed by atoms with Gasteiger partial charge in [-0.15, -0.1) is 0 Å². The van der Waals surface area contributed by atoms with Gasteiger partial charge < -0.3 is 14.8 Å². The van der Waals surface area contributed by atoms with Gasteiger partial charge in [0.2, 0.25) is 21.7 Å². The molecule has 0 saturated carbocycles. The Labute approximate surface area is 194 Å². The summed E-state index contributed by atoms with van der Waals surface area (Å²) in [6.45, 7) is 2.32. The summed E-state index contributed by atoms with van der Waals surface area (Å²) in [5.41, 5.74) is -1.45. The number of halogens is 1. The average molecular weight is 497 g/mol. The van der Waals surface area contributed by atoms with Crippen LogP contribution in [0.2, 0.25) is 0 Å². The lowest BCUT2D eigenvalue weighted by atomic mass is 10.2. The fourth-order valence-corrected chi connectivity index (χ4v) is 5.60. The van der Waals surface area contributed by atoms with Crippen molar-refractivity contribution in [2.75, 3.05) is 38.2 Å². The second kappa shape index (κ2) is 9.78. The molecule has 3 heterocycles. The second-order valence-electron chi connectivity index (χ2n) is 8.07.